The van der Waals surface area contributed by atoms with Gasteiger partial charge in [0.2, 0.25) is 0 Å². The highest BCUT2D eigenvalue weighted by molar-refractivity contribution is 7.07. The monoisotopic (exact) mass is 573 g/mol. The molecule has 1 aliphatic rings. The minimum Gasteiger partial charge on any atom is -0.494 e. The average Bonchev–Trinajstić information content (AvgIpc) is 3.53. The molecule has 0 saturated carbocycles. The third-order valence-corrected chi connectivity index (χ3v) is 7.60. The van der Waals surface area contributed by atoms with Crippen molar-refractivity contribution in [3.05, 3.63) is 113 Å². The highest BCUT2D eigenvalue weighted by atomic mass is 32.1. The highest BCUT2D eigenvalue weighted by Gasteiger charge is 2.33. The number of fused-ring (bicyclic) bond motifs is 1. The predicted molar refractivity (Wildman–Crippen MR) is 154 cm³/mol. The third-order valence-electron chi connectivity index (χ3n) is 6.61. The van der Waals surface area contributed by atoms with Crippen LogP contribution >= 0.6 is 11.3 Å². The molecule has 0 spiro atoms. The summed E-state index contributed by atoms with van der Waals surface area (Å²) in [7, 11) is 0. The first kappa shape index (κ1) is 27.8. The van der Waals surface area contributed by atoms with Crippen molar-refractivity contribution in [2.45, 2.75) is 33.7 Å². The van der Waals surface area contributed by atoms with Crippen molar-refractivity contribution in [1.82, 2.24) is 4.57 Å². The summed E-state index contributed by atoms with van der Waals surface area (Å²) in [6.45, 7) is 7.71. The lowest BCUT2D eigenvalue weighted by molar-refractivity contribution is -0.385. The molecule has 4 aromatic rings. The molecule has 11 heteroatoms. The fraction of sp³-hybridized carbons (Fsp3) is 0.233. The second kappa shape index (κ2) is 11.4. The lowest BCUT2D eigenvalue weighted by Gasteiger charge is -2.24. The van der Waals surface area contributed by atoms with Gasteiger partial charge in [-0.15, -0.1) is 0 Å². The van der Waals surface area contributed by atoms with Gasteiger partial charge < -0.3 is 13.9 Å². The molecule has 0 amide bonds. The number of nitro benzene ring substituents is 1. The first-order valence-corrected chi connectivity index (χ1v) is 13.8. The van der Waals surface area contributed by atoms with Crippen molar-refractivity contribution in [3.63, 3.8) is 0 Å². The predicted octanol–water partition coefficient (Wildman–Crippen LogP) is 4.67. The molecule has 1 aliphatic heterocycles. The SMILES string of the molecule is CCOC(=O)C1=C(C)N=c2s/c(=C\c3ccc(-c4ccc(C)c([N+](=O)[O-])c4)o3)c(=O)n2[C@H]1c1ccc(OCC)cc1. The van der Waals surface area contributed by atoms with Crippen molar-refractivity contribution in [2.75, 3.05) is 13.2 Å². The summed E-state index contributed by atoms with van der Waals surface area (Å²) < 4.78 is 18.7. The van der Waals surface area contributed by atoms with Crippen LogP contribution in [0.5, 0.6) is 5.75 Å². The van der Waals surface area contributed by atoms with Gasteiger partial charge in [-0.3, -0.25) is 19.5 Å². The number of rotatable bonds is 8. The van der Waals surface area contributed by atoms with Crippen LogP contribution in [0.1, 0.15) is 43.7 Å². The number of aryl methyl sites for hydroxylation is 1. The Bertz CT molecular complexity index is 1860. The first-order chi connectivity index (χ1) is 19.7. The molecule has 0 unspecified atom stereocenters. The fourth-order valence-corrected chi connectivity index (χ4v) is 5.72. The smallest absolute Gasteiger partial charge is 0.338 e. The van der Waals surface area contributed by atoms with Gasteiger partial charge in [-0.05, 0) is 57.5 Å². The van der Waals surface area contributed by atoms with Gasteiger partial charge in [0, 0.05) is 23.3 Å². The maximum Gasteiger partial charge on any atom is 0.338 e. The number of thiazole rings is 1. The summed E-state index contributed by atoms with van der Waals surface area (Å²) in [6.07, 6.45) is 1.61. The van der Waals surface area contributed by atoms with E-state index in [1.165, 1.54) is 22.0 Å². The molecule has 0 aliphatic carbocycles. The average molecular weight is 574 g/mol. The highest BCUT2D eigenvalue weighted by Crippen LogP contribution is 2.32. The summed E-state index contributed by atoms with van der Waals surface area (Å²) >= 11 is 1.18. The second-order valence-corrected chi connectivity index (χ2v) is 10.3. The number of carbonyl (C=O) groups excluding carboxylic acids is 1. The van der Waals surface area contributed by atoms with Gasteiger partial charge in [-0.1, -0.05) is 35.6 Å². The molecule has 0 saturated heterocycles. The van der Waals surface area contributed by atoms with Crippen LogP contribution in [0.25, 0.3) is 17.4 Å². The molecule has 1 atom stereocenters. The number of aromatic nitrogens is 1. The number of nitro groups is 1. The van der Waals surface area contributed by atoms with Crippen LogP contribution in [0, 0.1) is 17.0 Å². The molecule has 2 aromatic heterocycles. The lowest BCUT2D eigenvalue weighted by Crippen LogP contribution is -2.39. The Morgan fingerprint density at radius 1 is 1.12 bits per heavy atom. The maximum atomic E-state index is 13.8. The maximum absolute atomic E-state index is 13.8. The van der Waals surface area contributed by atoms with Crippen LogP contribution in [0.3, 0.4) is 0 Å². The van der Waals surface area contributed by atoms with E-state index in [9.17, 15) is 19.7 Å². The minimum atomic E-state index is -0.747. The lowest BCUT2D eigenvalue weighted by atomic mass is 9.96. The van der Waals surface area contributed by atoms with Crippen LogP contribution < -0.4 is 19.6 Å². The molecule has 0 fully saturated rings. The van der Waals surface area contributed by atoms with E-state index in [-0.39, 0.29) is 23.4 Å². The Kier molecular flexibility index (Phi) is 7.71. The number of furan rings is 1. The number of hydrogen-bond acceptors (Lipinski definition) is 9. The minimum absolute atomic E-state index is 0.00387. The van der Waals surface area contributed by atoms with E-state index >= 15 is 0 Å². The Labute approximate surface area is 238 Å². The van der Waals surface area contributed by atoms with Gasteiger partial charge in [-0.2, -0.15) is 0 Å². The van der Waals surface area contributed by atoms with Crippen molar-refractivity contribution in [3.8, 4) is 17.1 Å². The normalized spacial score (nSPS) is 14.9. The summed E-state index contributed by atoms with van der Waals surface area (Å²) in [6, 6.07) is 14.8. The van der Waals surface area contributed by atoms with Crippen molar-refractivity contribution in [2.24, 2.45) is 4.99 Å². The molecule has 0 bridgehead atoms. The zero-order valence-corrected chi connectivity index (χ0v) is 23.7. The van der Waals surface area contributed by atoms with E-state index in [1.54, 1.807) is 63.2 Å². The molecule has 3 heterocycles. The van der Waals surface area contributed by atoms with Gasteiger partial charge in [0.25, 0.3) is 11.2 Å². The van der Waals surface area contributed by atoms with Gasteiger partial charge >= 0.3 is 5.97 Å². The van der Waals surface area contributed by atoms with E-state index in [1.807, 2.05) is 19.1 Å². The van der Waals surface area contributed by atoms with Gasteiger partial charge in [0.1, 0.15) is 17.3 Å². The van der Waals surface area contributed by atoms with E-state index < -0.39 is 16.9 Å². The number of benzene rings is 2. The number of ether oxygens (including phenoxy) is 2. The van der Waals surface area contributed by atoms with Gasteiger partial charge in [0.15, 0.2) is 4.80 Å². The molecular weight excluding hydrogens is 546 g/mol. The van der Waals surface area contributed by atoms with Crippen molar-refractivity contribution >= 4 is 29.1 Å². The van der Waals surface area contributed by atoms with E-state index in [4.69, 9.17) is 13.9 Å². The third kappa shape index (κ3) is 5.36. The number of hydrogen-bond donors (Lipinski definition) is 0. The fourth-order valence-electron chi connectivity index (χ4n) is 4.69. The van der Waals surface area contributed by atoms with Crippen molar-refractivity contribution < 1.29 is 23.6 Å². The second-order valence-electron chi connectivity index (χ2n) is 9.26. The molecule has 210 valence electrons. The van der Waals surface area contributed by atoms with Crippen LogP contribution in [-0.4, -0.2) is 28.7 Å². The van der Waals surface area contributed by atoms with Crippen molar-refractivity contribution in [1.29, 1.82) is 0 Å². The van der Waals surface area contributed by atoms with E-state index in [2.05, 4.69) is 4.99 Å². The quantitative estimate of drug-likeness (QED) is 0.170. The van der Waals surface area contributed by atoms with Crippen LogP contribution in [0.15, 0.2) is 80.1 Å². The largest absolute Gasteiger partial charge is 0.494 e. The number of carbonyl (C=O) groups is 1. The molecule has 0 N–H and O–H groups in total. The van der Waals surface area contributed by atoms with Crippen LogP contribution in [-0.2, 0) is 9.53 Å². The molecule has 5 rings (SSSR count). The Hall–Kier alpha value is -4.77. The number of nitrogens with zero attached hydrogens (tertiary/aromatic N) is 3. The summed E-state index contributed by atoms with van der Waals surface area (Å²) in [5.74, 6) is 0.964. The van der Waals surface area contributed by atoms with Crippen LogP contribution in [0.2, 0.25) is 0 Å². The molecule has 41 heavy (non-hydrogen) atoms. The Balaban J connectivity index is 1.60. The standard InChI is InChI=1S/C30H27N3O7S/c1-5-38-21-11-9-19(10-12-21)27-26(29(35)39-6-2)18(4)31-30-32(27)28(34)25(41-30)16-22-13-14-24(40-22)20-8-7-17(3)23(15-20)33(36)37/h7-16,27H,5-6H2,1-4H3/b25-16-/t27-/m0/s1. The summed E-state index contributed by atoms with van der Waals surface area (Å²) in [5, 5.41) is 11.4. The molecular formula is C30H27N3O7S. The van der Waals surface area contributed by atoms with Gasteiger partial charge in [0.05, 0.1) is 40.0 Å². The number of allylic oxidation sites excluding steroid dienone is 1. The Morgan fingerprint density at radius 2 is 1.88 bits per heavy atom. The number of esters is 1. The molecule has 10 nitrogen and oxygen atoms in total. The zero-order valence-electron chi connectivity index (χ0n) is 22.9. The first-order valence-electron chi connectivity index (χ1n) is 13.0. The van der Waals surface area contributed by atoms with Crippen LogP contribution in [0.4, 0.5) is 5.69 Å². The zero-order chi connectivity index (χ0) is 29.3. The molecule has 2 aromatic carbocycles. The Morgan fingerprint density at radius 3 is 2.56 bits per heavy atom. The molecule has 0 radical (unpaired) electrons. The summed E-state index contributed by atoms with van der Waals surface area (Å²) in [4.78, 5) is 42.8. The topological polar surface area (TPSA) is 126 Å². The van der Waals surface area contributed by atoms with E-state index in [0.717, 1.165) is 0 Å². The van der Waals surface area contributed by atoms with Gasteiger partial charge in [-0.25, -0.2) is 9.79 Å². The summed E-state index contributed by atoms with van der Waals surface area (Å²) in [5.41, 5.74) is 2.22. The van der Waals surface area contributed by atoms with E-state index in [0.29, 0.717) is 55.6 Å².